The van der Waals surface area contributed by atoms with E-state index in [0.29, 0.717) is 17.0 Å². The molecular formula is C19H18N6O3. The molecule has 0 atom stereocenters. The van der Waals surface area contributed by atoms with Crippen molar-refractivity contribution in [3.05, 3.63) is 54.0 Å². The minimum Gasteiger partial charge on any atom is -0.491 e. The number of ether oxygens (including phenoxy) is 1. The third-order valence-electron chi connectivity index (χ3n) is 3.91. The van der Waals surface area contributed by atoms with Crippen molar-refractivity contribution in [1.82, 2.24) is 25.2 Å². The number of hydrogen-bond acceptors (Lipinski definition) is 6. The normalized spacial score (nSPS) is 15.2. The number of hydrogen-bond donors (Lipinski definition) is 3. The van der Waals surface area contributed by atoms with E-state index in [1.165, 1.54) is 6.08 Å². The first-order chi connectivity index (χ1) is 13.5. The van der Waals surface area contributed by atoms with Crippen LogP contribution in [-0.2, 0) is 4.79 Å². The number of carbonyl (C=O) groups excluding carboxylic acids is 2. The number of rotatable bonds is 5. The summed E-state index contributed by atoms with van der Waals surface area (Å²) in [6.07, 6.45) is 4.99. The molecule has 0 spiro atoms. The minimum absolute atomic E-state index is 0.115. The number of urea groups is 1. The lowest BCUT2D eigenvalue weighted by atomic mass is 10.2. The Bertz CT molecular complexity index is 1080. The van der Waals surface area contributed by atoms with Gasteiger partial charge >= 0.3 is 6.03 Å². The quantitative estimate of drug-likeness (QED) is 0.465. The summed E-state index contributed by atoms with van der Waals surface area (Å²) in [6.45, 7) is 3.95. The third kappa shape index (κ3) is 3.63. The molecule has 3 N–H and O–H groups in total. The van der Waals surface area contributed by atoms with Gasteiger partial charge in [0.15, 0.2) is 5.65 Å². The second-order valence-corrected chi connectivity index (χ2v) is 6.46. The molecule has 1 aliphatic heterocycles. The highest BCUT2D eigenvalue weighted by molar-refractivity contribution is 6.14. The molecule has 0 radical (unpaired) electrons. The highest BCUT2D eigenvalue weighted by Crippen LogP contribution is 2.21. The molecule has 0 saturated carbocycles. The molecule has 0 bridgehead atoms. The molecule has 2 aromatic heterocycles. The minimum atomic E-state index is -0.548. The van der Waals surface area contributed by atoms with Crippen LogP contribution in [0, 0.1) is 0 Å². The van der Waals surface area contributed by atoms with Crippen molar-refractivity contribution in [3.63, 3.8) is 0 Å². The van der Waals surface area contributed by atoms with Crippen molar-refractivity contribution >= 4 is 35.2 Å². The third-order valence-corrected chi connectivity index (χ3v) is 3.91. The van der Waals surface area contributed by atoms with Crippen molar-refractivity contribution in [2.75, 3.05) is 5.32 Å². The average molecular weight is 378 g/mol. The fraction of sp³-hybridized carbons (Fsp3) is 0.158. The molecule has 1 aromatic carbocycles. The van der Waals surface area contributed by atoms with Gasteiger partial charge < -0.3 is 15.4 Å². The van der Waals surface area contributed by atoms with E-state index in [2.05, 4.69) is 26.0 Å². The summed E-state index contributed by atoms with van der Waals surface area (Å²) in [5.74, 6) is 0.929. The van der Waals surface area contributed by atoms with Gasteiger partial charge in [0.2, 0.25) is 0 Å². The van der Waals surface area contributed by atoms with Gasteiger partial charge in [0, 0.05) is 17.4 Å². The molecule has 28 heavy (non-hydrogen) atoms. The molecule has 1 saturated heterocycles. The van der Waals surface area contributed by atoms with Crippen LogP contribution in [0.15, 0.2) is 48.4 Å². The molecule has 3 aromatic rings. The highest BCUT2D eigenvalue weighted by atomic mass is 16.5. The SMILES string of the molecule is CC(C)Oc1ccc(Nc2ccn3ncc(/C=C4\NC(=O)NC4=O)c3n2)cc1. The summed E-state index contributed by atoms with van der Waals surface area (Å²) >= 11 is 0. The zero-order valence-electron chi connectivity index (χ0n) is 15.3. The van der Waals surface area contributed by atoms with E-state index in [9.17, 15) is 9.59 Å². The van der Waals surface area contributed by atoms with E-state index in [1.807, 2.05) is 38.1 Å². The van der Waals surface area contributed by atoms with E-state index >= 15 is 0 Å². The molecule has 3 amide bonds. The van der Waals surface area contributed by atoms with Gasteiger partial charge in [-0.1, -0.05) is 0 Å². The Morgan fingerprint density at radius 3 is 2.61 bits per heavy atom. The predicted molar refractivity (Wildman–Crippen MR) is 103 cm³/mol. The molecule has 3 heterocycles. The van der Waals surface area contributed by atoms with Crippen LogP contribution in [0.3, 0.4) is 0 Å². The molecule has 4 rings (SSSR count). The van der Waals surface area contributed by atoms with Crippen LogP contribution < -0.4 is 20.7 Å². The van der Waals surface area contributed by atoms with Gasteiger partial charge in [-0.3, -0.25) is 10.1 Å². The first-order valence-corrected chi connectivity index (χ1v) is 8.70. The molecular weight excluding hydrogens is 360 g/mol. The van der Waals surface area contributed by atoms with Gasteiger partial charge in [0.1, 0.15) is 17.3 Å². The number of fused-ring (bicyclic) bond motifs is 1. The summed E-state index contributed by atoms with van der Waals surface area (Å²) < 4.78 is 7.23. The van der Waals surface area contributed by atoms with Crippen molar-refractivity contribution < 1.29 is 14.3 Å². The number of anilines is 2. The first-order valence-electron chi connectivity index (χ1n) is 8.70. The second kappa shape index (κ2) is 7.03. The number of nitrogens with zero attached hydrogens (tertiary/aromatic N) is 3. The van der Waals surface area contributed by atoms with Crippen molar-refractivity contribution in [2.24, 2.45) is 0 Å². The Morgan fingerprint density at radius 1 is 1.14 bits per heavy atom. The Kier molecular flexibility index (Phi) is 4.40. The number of amides is 3. The molecule has 0 aliphatic carbocycles. The Hall–Kier alpha value is -3.88. The predicted octanol–water partition coefficient (Wildman–Crippen LogP) is 2.44. The fourth-order valence-corrected chi connectivity index (χ4v) is 2.73. The van der Waals surface area contributed by atoms with Crippen LogP contribution in [0.2, 0.25) is 0 Å². The van der Waals surface area contributed by atoms with Crippen LogP contribution in [0.1, 0.15) is 19.4 Å². The number of benzene rings is 1. The molecule has 142 valence electrons. The Balaban J connectivity index is 1.58. The fourth-order valence-electron chi connectivity index (χ4n) is 2.73. The largest absolute Gasteiger partial charge is 0.491 e. The maximum atomic E-state index is 11.7. The summed E-state index contributed by atoms with van der Waals surface area (Å²) in [5, 5.41) is 12.0. The highest BCUT2D eigenvalue weighted by Gasteiger charge is 2.23. The zero-order chi connectivity index (χ0) is 19.7. The summed E-state index contributed by atoms with van der Waals surface area (Å²) in [5.41, 5.74) is 2.17. The van der Waals surface area contributed by atoms with Crippen molar-refractivity contribution in [1.29, 1.82) is 0 Å². The molecule has 1 aliphatic rings. The molecule has 1 fully saturated rings. The van der Waals surface area contributed by atoms with E-state index in [0.717, 1.165) is 11.4 Å². The van der Waals surface area contributed by atoms with Gasteiger partial charge in [-0.15, -0.1) is 0 Å². The van der Waals surface area contributed by atoms with E-state index < -0.39 is 11.9 Å². The number of imide groups is 1. The van der Waals surface area contributed by atoms with E-state index in [-0.39, 0.29) is 11.8 Å². The van der Waals surface area contributed by atoms with Gasteiger partial charge in [-0.2, -0.15) is 5.10 Å². The first kappa shape index (κ1) is 17.5. The van der Waals surface area contributed by atoms with E-state index in [4.69, 9.17) is 4.74 Å². The topological polar surface area (TPSA) is 110 Å². The lowest BCUT2D eigenvalue weighted by molar-refractivity contribution is -0.115. The van der Waals surface area contributed by atoms with Crippen LogP contribution in [-0.4, -0.2) is 32.6 Å². The van der Waals surface area contributed by atoms with Gasteiger partial charge in [0.25, 0.3) is 5.91 Å². The van der Waals surface area contributed by atoms with E-state index in [1.54, 1.807) is 23.0 Å². The lowest BCUT2D eigenvalue weighted by Gasteiger charge is -2.11. The summed E-state index contributed by atoms with van der Waals surface area (Å²) in [7, 11) is 0. The average Bonchev–Trinajstić information content (AvgIpc) is 3.19. The second-order valence-electron chi connectivity index (χ2n) is 6.46. The monoisotopic (exact) mass is 378 g/mol. The smallest absolute Gasteiger partial charge is 0.326 e. The van der Waals surface area contributed by atoms with Crippen LogP contribution in [0.25, 0.3) is 11.7 Å². The zero-order valence-corrected chi connectivity index (χ0v) is 15.3. The number of carbonyl (C=O) groups is 2. The Labute approximate surface area is 160 Å². The summed E-state index contributed by atoms with van der Waals surface area (Å²) in [4.78, 5) is 27.5. The maximum absolute atomic E-state index is 11.7. The van der Waals surface area contributed by atoms with Gasteiger partial charge in [-0.25, -0.2) is 14.3 Å². The summed E-state index contributed by atoms with van der Waals surface area (Å²) in [6, 6.07) is 8.82. The molecule has 9 heteroatoms. The lowest BCUT2D eigenvalue weighted by Crippen LogP contribution is -2.22. The van der Waals surface area contributed by atoms with Crippen LogP contribution in [0.4, 0.5) is 16.3 Å². The number of nitrogens with one attached hydrogen (secondary N) is 3. The van der Waals surface area contributed by atoms with Gasteiger partial charge in [-0.05, 0) is 50.3 Å². The standard InChI is InChI=1S/C19H18N6O3/c1-11(2)28-14-5-3-13(4-6-14)21-16-7-8-25-17(23-16)12(10-20-25)9-15-18(26)24-19(27)22-15/h3-11H,1-2H3,(H,21,23)(H2,22,24,26,27)/b15-9-. The molecule has 9 nitrogen and oxygen atoms in total. The molecule has 0 unspecified atom stereocenters. The Morgan fingerprint density at radius 2 is 1.93 bits per heavy atom. The van der Waals surface area contributed by atoms with Crippen LogP contribution >= 0.6 is 0 Å². The number of aromatic nitrogens is 3. The van der Waals surface area contributed by atoms with Crippen LogP contribution in [0.5, 0.6) is 5.75 Å². The van der Waals surface area contributed by atoms with Crippen molar-refractivity contribution in [3.8, 4) is 5.75 Å². The maximum Gasteiger partial charge on any atom is 0.326 e. The van der Waals surface area contributed by atoms with Gasteiger partial charge in [0.05, 0.1) is 12.3 Å². The van der Waals surface area contributed by atoms with Crippen molar-refractivity contribution in [2.45, 2.75) is 20.0 Å².